The molecule has 0 aliphatic rings. The predicted molar refractivity (Wildman–Crippen MR) is 58.0 cm³/mol. The molecule has 0 aliphatic carbocycles. The Hall–Kier alpha value is -0.560. The van der Waals surface area contributed by atoms with Crippen LogP contribution in [0.5, 0.6) is 0 Å². The summed E-state index contributed by atoms with van der Waals surface area (Å²) >= 11 is 0. The first-order chi connectivity index (χ1) is 6.91. The van der Waals surface area contributed by atoms with Crippen LogP contribution < -0.4 is 0 Å². The van der Waals surface area contributed by atoms with Crippen molar-refractivity contribution in [2.75, 3.05) is 13.9 Å². The normalized spacial score (nSPS) is 10.7. The maximum atomic E-state index is 11.6. The molecule has 0 N–H and O–H groups in total. The van der Waals surface area contributed by atoms with Crippen LogP contribution in [-0.2, 0) is 0 Å². The van der Waals surface area contributed by atoms with Crippen molar-refractivity contribution in [1.82, 2.24) is 0 Å². The van der Waals surface area contributed by atoms with Gasteiger partial charge in [0.05, 0.1) is 13.9 Å². The maximum absolute atomic E-state index is 11.6. The van der Waals surface area contributed by atoms with Gasteiger partial charge in [0.25, 0.3) is 0 Å². The summed E-state index contributed by atoms with van der Waals surface area (Å²) in [5, 5.41) is 0. The molecule has 8 heteroatoms. The van der Waals surface area contributed by atoms with Crippen molar-refractivity contribution in [3.8, 4) is 0 Å². The highest BCUT2D eigenvalue weighted by Gasteiger charge is 2.64. The zero-order chi connectivity index (χ0) is 14.2. The van der Waals surface area contributed by atoms with Crippen molar-refractivity contribution < 1.29 is 35.1 Å². The monoisotopic (exact) mass is 294 g/mol. The second-order valence-electron chi connectivity index (χ2n) is 2.89. The van der Waals surface area contributed by atoms with Crippen molar-refractivity contribution in [1.29, 1.82) is 0 Å². The van der Waals surface area contributed by atoms with Crippen LogP contribution in [0.25, 0.3) is 0 Å². The van der Waals surface area contributed by atoms with Gasteiger partial charge < -0.3 is 0 Å². The fourth-order valence-corrected chi connectivity index (χ4v) is 0.161. The fraction of sp³-hybridized carbons (Fsp3) is 1.00. The van der Waals surface area contributed by atoms with Gasteiger partial charge in [-0.3, -0.25) is 8.78 Å². The van der Waals surface area contributed by atoms with Crippen LogP contribution in [0.15, 0.2) is 0 Å². The van der Waals surface area contributed by atoms with E-state index in [-0.39, 0.29) is 35.4 Å². The van der Waals surface area contributed by atoms with Gasteiger partial charge in [0.2, 0.25) is 0 Å². The number of hydrogen-bond acceptors (Lipinski definition) is 0. The highest BCUT2D eigenvalue weighted by Crippen LogP contribution is 2.49. The first kappa shape index (κ1) is 30.5. The maximum Gasteiger partial charge on any atom is 0.402 e. The summed E-state index contributed by atoms with van der Waals surface area (Å²) in [6.07, 6.45) is -10.5. The molecular formula is C10H22F8. The van der Waals surface area contributed by atoms with Crippen molar-refractivity contribution in [2.24, 2.45) is 5.41 Å². The van der Waals surface area contributed by atoms with Gasteiger partial charge in [-0.1, -0.05) is 14.9 Å². The Morgan fingerprint density at radius 3 is 0.833 bits per heavy atom. The molecule has 0 aromatic heterocycles. The second-order valence-corrected chi connectivity index (χ2v) is 2.89. The molecule has 0 spiro atoms. The van der Waals surface area contributed by atoms with E-state index in [1.807, 2.05) is 0 Å². The van der Waals surface area contributed by atoms with Gasteiger partial charge in [-0.15, -0.1) is 0 Å². The molecule has 118 valence electrons. The van der Waals surface area contributed by atoms with Crippen LogP contribution in [0, 0.1) is 5.41 Å². The summed E-state index contributed by atoms with van der Waals surface area (Å²) < 4.78 is 89.4. The third-order valence-electron chi connectivity index (χ3n) is 1.42. The van der Waals surface area contributed by atoms with Crippen molar-refractivity contribution in [3.63, 3.8) is 0 Å². The molecule has 0 bridgehead atoms. The Morgan fingerprint density at radius 1 is 0.722 bits per heavy atom. The minimum atomic E-state index is -5.24. The van der Waals surface area contributed by atoms with E-state index in [4.69, 9.17) is 0 Å². The molecule has 0 saturated carbocycles. The Morgan fingerprint density at radius 2 is 0.833 bits per heavy atom. The van der Waals surface area contributed by atoms with E-state index in [0.717, 1.165) is 0 Å². The minimum absolute atomic E-state index is 0. The van der Waals surface area contributed by atoms with Crippen LogP contribution in [-0.4, -0.2) is 26.2 Å². The predicted octanol–water partition coefficient (Wildman–Crippen LogP) is 5.97. The van der Waals surface area contributed by atoms with E-state index >= 15 is 0 Å². The summed E-state index contributed by atoms with van der Waals surface area (Å²) in [6, 6.07) is 0. The van der Waals surface area contributed by atoms with Crippen LogP contribution in [0.1, 0.15) is 35.6 Å². The topological polar surface area (TPSA) is 0 Å². The second kappa shape index (κ2) is 11.5. The summed E-state index contributed by atoms with van der Waals surface area (Å²) in [4.78, 5) is 0. The number of halogens is 8. The summed E-state index contributed by atoms with van der Waals surface area (Å²) in [5.74, 6) is 0. The van der Waals surface area contributed by atoms with Gasteiger partial charge in [0, 0.05) is 0 Å². The first-order valence-corrected chi connectivity index (χ1v) is 3.99. The van der Waals surface area contributed by atoms with Crippen LogP contribution >= 0.6 is 0 Å². The zero-order valence-electron chi connectivity index (χ0n) is 9.23. The molecule has 0 amide bonds. The highest BCUT2D eigenvalue weighted by atomic mass is 19.4. The van der Waals surface area contributed by atoms with Gasteiger partial charge >= 0.3 is 12.4 Å². The average Bonchev–Trinajstić information content (AvgIpc) is 2.05. The molecule has 0 radical (unpaired) electrons. The lowest BCUT2D eigenvalue weighted by Crippen LogP contribution is -2.44. The fourth-order valence-electron chi connectivity index (χ4n) is 0.161. The van der Waals surface area contributed by atoms with Gasteiger partial charge in [-0.05, 0) is 20.8 Å². The molecule has 0 saturated heterocycles. The molecule has 18 heavy (non-hydrogen) atoms. The van der Waals surface area contributed by atoms with Gasteiger partial charge in [-0.25, -0.2) is 0 Å². The number of hydrogen-bond donors (Lipinski definition) is 0. The molecule has 0 unspecified atom stereocenters. The summed E-state index contributed by atoms with van der Waals surface area (Å²) in [7, 11) is 0.500. The Labute approximate surface area is 103 Å². The third kappa shape index (κ3) is 10.6. The number of alkyl halides is 8. The quantitative estimate of drug-likeness (QED) is 0.483. The van der Waals surface area contributed by atoms with Crippen molar-refractivity contribution >= 4 is 0 Å². The SMILES string of the molecule is C.C.CC(C)(C(F)(F)F)C(F)(F)F.CCF.CF. The van der Waals surface area contributed by atoms with Crippen LogP contribution in [0.3, 0.4) is 0 Å². The van der Waals surface area contributed by atoms with Gasteiger partial charge in [-0.2, -0.15) is 26.3 Å². The summed E-state index contributed by atoms with van der Waals surface area (Å²) in [5.41, 5.74) is -3.62. The lowest BCUT2D eigenvalue weighted by atomic mass is 9.92. The lowest BCUT2D eigenvalue weighted by Gasteiger charge is -2.29. The summed E-state index contributed by atoms with van der Waals surface area (Å²) in [6.45, 7) is 1.42. The Balaban J connectivity index is -0.0000000704. The highest BCUT2D eigenvalue weighted by molar-refractivity contribution is 4.84. The molecular weight excluding hydrogens is 272 g/mol. The van der Waals surface area contributed by atoms with Crippen molar-refractivity contribution in [2.45, 2.75) is 48.0 Å². The number of rotatable bonds is 0. The van der Waals surface area contributed by atoms with Crippen LogP contribution in [0.2, 0.25) is 0 Å². The molecule has 0 fully saturated rings. The van der Waals surface area contributed by atoms with E-state index in [9.17, 15) is 35.1 Å². The smallest absolute Gasteiger partial charge is 0.255 e. The van der Waals surface area contributed by atoms with E-state index in [1.54, 1.807) is 0 Å². The molecule has 0 aliphatic heterocycles. The zero-order valence-corrected chi connectivity index (χ0v) is 9.23. The first-order valence-electron chi connectivity index (χ1n) is 3.99. The molecule has 0 rings (SSSR count). The van der Waals surface area contributed by atoms with Crippen LogP contribution in [0.4, 0.5) is 35.1 Å². The van der Waals surface area contributed by atoms with E-state index in [1.165, 1.54) is 6.92 Å². The average molecular weight is 294 g/mol. The van der Waals surface area contributed by atoms with Gasteiger partial charge in [0.1, 0.15) is 0 Å². The molecule has 0 nitrogen and oxygen atoms in total. The molecule has 0 aromatic rings. The van der Waals surface area contributed by atoms with E-state index in [0.29, 0.717) is 7.18 Å². The molecule has 0 heterocycles. The third-order valence-corrected chi connectivity index (χ3v) is 1.42. The van der Waals surface area contributed by atoms with Gasteiger partial charge in [0.15, 0.2) is 5.41 Å². The lowest BCUT2D eigenvalue weighted by molar-refractivity contribution is -0.327. The molecule has 0 atom stereocenters. The van der Waals surface area contributed by atoms with E-state index < -0.39 is 17.8 Å². The van der Waals surface area contributed by atoms with E-state index in [2.05, 4.69) is 0 Å². The Bertz CT molecular complexity index is 140. The minimum Gasteiger partial charge on any atom is -0.255 e. The Kier molecular flexibility index (Phi) is 19.5. The largest absolute Gasteiger partial charge is 0.402 e. The standard InChI is InChI=1S/C5H6F6.C2H5F.CH3F.2CH4/c1-3(2,4(6,7)8)5(9,10)11;1-2-3;1-2;;/h1-2H3;2H2,1H3;1H3;2*1H4. The molecule has 0 aromatic carbocycles. The van der Waals surface area contributed by atoms with Crippen molar-refractivity contribution in [3.05, 3.63) is 0 Å².